The molecular formula is C25H23FN4O2S2. The number of hydrogen-bond donors (Lipinski definition) is 2. The van der Waals surface area contributed by atoms with Gasteiger partial charge in [0.1, 0.15) is 10.8 Å². The van der Waals surface area contributed by atoms with Crippen LogP contribution in [0.15, 0.2) is 60.7 Å². The zero-order valence-electron chi connectivity index (χ0n) is 18.9. The van der Waals surface area contributed by atoms with Gasteiger partial charge in [-0.3, -0.25) is 4.68 Å². The van der Waals surface area contributed by atoms with E-state index in [-0.39, 0.29) is 5.82 Å². The highest BCUT2D eigenvalue weighted by atomic mass is 32.1. The number of rotatable bonds is 6. The number of methoxy groups -OCH3 is 1. The Labute approximate surface area is 206 Å². The molecule has 0 unspecified atom stereocenters. The van der Waals surface area contributed by atoms with Crippen LogP contribution >= 0.6 is 23.6 Å². The third kappa shape index (κ3) is 5.00. The van der Waals surface area contributed by atoms with E-state index in [1.807, 2.05) is 44.2 Å². The van der Waals surface area contributed by atoms with Gasteiger partial charge in [0.25, 0.3) is 0 Å². The molecule has 2 heterocycles. The van der Waals surface area contributed by atoms with E-state index in [0.29, 0.717) is 27.8 Å². The number of carbonyl (C=O) groups excluding carboxylic acids is 1. The van der Waals surface area contributed by atoms with E-state index in [4.69, 9.17) is 17.0 Å². The van der Waals surface area contributed by atoms with Gasteiger partial charge in [-0.05, 0) is 43.8 Å². The molecule has 0 saturated carbocycles. The Kier molecular flexibility index (Phi) is 7.04. The van der Waals surface area contributed by atoms with E-state index in [2.05, 4.69) is 15.7 Å². The maximum Gasteiger partial charge on any atom is 0.340 e. The number of ether oxygens (including phenoxy) is 1. The summed E-state index contributed by atoms with van der Waals surface area (Å²) in [6, 6.07) is 18.2. The van der Waals surface area contributed by atoms with Crippen molar-refractivity contribution < 1.29 is 13.9 Å². The minimum Gasteiger partial charge on any atom is -0.465 e. The number of carbonyl (C=O) groups is 1. The van der Waals surface area contributed by atoms with Gasteiger partial charge in [-0.1, -0.05) is 48.5 Å². The van der Waals surface area contributed by atoms with E-state index in [9.17, 15) is 9.18 Å². The Morgan fingerprint density at radius 1 is 1.12 bits per heavy atom. The molecule has 0 aliphatic rings. The van der Waals surface area contributed by atoms with Crippen molar-refractivity contribution in [2.24, 2.45) is 0 Å². The second-order valence-electron chi connectivity index (χ2n) is 7.59. The molecular weight excluding hydrogens is 471 g/mol. The third-order valence-electron chi connectivity index (χ3n) is 5.32. The van der Waals surface area contributed by atoms with Gasteiger partial charge in [0.2, 0.25) is 0 Å². The first-order chi connectivity index (χ1) is 16.4. The number of thiocarbonyl (C=S) groups is 1. The number of aromatic nitrogens is 2. The van der Waals surface area contributed by atoms with Crippen molar-refractivity contribution in [1.29, 1.82) is 0 Å². The van der Waals surface area contributed by atoms with Crippen LogP contribution in [0.4, 0.5) is 15.1 Å². The van der Waals surface area contributed by atoms with Gasteiger partial charge in [0, 0.05) is 10.4 Å². The van der Waals surface area contributed by atoms with E-state index in [1.54, 1.807) is 28.9 Å². The first kappa shape index (κ1) is 23.6. The van der Waals surface area contributed by atoms with Crippen molar-refractivity contribution in [2.75, 3.05) is 17.7 Å². The molecule has 174 valence electrons. The Balaban J connectivity index is 1.55. The van der Waals surface area contributed by atoms with Crippen LogP contribution in [-0.4, -0.2) is 28.0 Å². The van der Waals surface area contributed by atoms with Gasteiger partial charge in [0.05, 0.1) is 36.3 Å². The molecule has 2 N–H and O–H groups in total. The molecule has 0 aliphatic carbocycles. The van der Waals surface area contributed by atoms with Crippen LogP contribution in [0.25, 0.3) is 10.4 Å². The fourth-order valence-corrected chi connectivity index (χ4v) is 4.88. The highest BCUT2D eigenvalue weighted by Crippen LogP contribution is 2.36. The monoisotopic (exact) mass is 494 g/mol. The topological polar surface area (TPSA) is 68.2 Å². The van der Waals surface area contributed by atoms with Crippen molar-refractivity contribution in [3.8, 4) is 10.4 Å². The standard InChI is InChI=1S/C25H23FN4O2S2/c1-15-22(16(2)30(29-15)14-18-11-7-8-12-20(18)26)27-25(33)28-23-19(24(31)32-3)13-21(34-23)17-9-5-4-6-10-17/h4-13H,14H2,1-3H3,(H2,27,28,33). The van der Waals surface area contributed by atoms with Crippen LogP contribution in [0, 0.1) is 19.7 Å². The van der Waals surface area contributed by atoms with Crippen LogP contribution in [-0.2, 0) is 11.3 Å². The van der Waals surface area contributed by atoms with Gasteiger partial charge in [-0.25, -0.2) is 9.18 Å². The van der Waals surface area contributed by atoms with Crippen molar-refractivity contribution in [2.45, 2.75) is 20.4 Å². The van der Waals surface area contributed by atoms with Crippen LogP contribution < -0.4 is 10.6 Å². The molecule has 4 rings (SSSR count). The number of anilines is 2. The first-order valence-electron chi connectivity index (χ1n) is 10.5. The second-order valence-corrected chi connectivity index (χ2v) is 9.05. The van der Waals surface area contributed by atoms with E-state index >= 15 is 0 Å². The van der Waals surface area contributed by atoms with E-state index in [1.165, 1.54) is 24.5 Å². The lowest BCUT2D eigenvalue weighted by Crippen LogP contribution is -2.20. The lowest BCUT2D eigenvalue weighted by Gasteiger charge is -2.11. The number of esters is 1. The maximum atomic E-state index is 14.1. The van der Waals surface area contributed by atoms with Crippen molar-refractivity contribution >= 4 is 45.3 Å². The SMILES string of the molecule is COC(=O)c1cc(-c2ccccc2)sc1NC(=S)Nc1c(C)nn(Cc2ccccc2F)c1C. The fraction of sp³-hybridized carbons (Fsp3) is 0.160. The third-order valence-corrected chi connectivity index (χ3v) is 6.62. The maximum absolute atomic E-state index is 14.1. The summed E-state index contributed by atoms with van der Waals surface area (Å²) in [6.45, 7) is 4.05. The largest absolute Gasteiger partial charge is 0.465 e. The normalized spacial score (nSPS) is 10.7. The fourth-order valence-electron chi connectivity index (χ4n) is 3.56. The Hall–Kier alpha value is -3.56. The molecule has 2 aromatic heterocycles. The summed E-state index contributed by atoms with van der Waals surface area (Å²) in [5.74, 6) is -0.724. The van der Waals surface area contributed by atoms with Crippen molar-refractivity contribution in [3.63, 3.8) is 0 Å². The van der Waals surface area contributed by atoms with E-state index in [0.717, 1.165) is 27.5 Å². The number of aryl methyl sites for hydroxylation is 1. The Morgan fingerprint density at radius 3 is 2.53 bits per heavy atom. The lowest BCUT2D eigenvalue weighted by atomic mass is 10.1. The summed E-state index contributed by atoms with van der Waals surface area (Å²) in [4.78, 5) is 13.3. The molecule has 2 aromatic carbocycles. The van der Waals surface area contributed by atoms with Crippen LogP contribution in [0.2, 0.25) is 0 Å². The van der Waals surface area contributed by atoms with Crippen LogP contribution in [0.3, 0.4) is 0 Å². The molecule has 0 radical (unpaired) electrons. The quantitative estimate of drug-likeness (QED) is 0.253. The molecule has 4 aromatic rings. The first-order valence-corrected chi connectivity index (χ1v) is 11.7. The second kappa shape index (κ2) is 10.1. The van der Waals surface area contributed by atoms with Gasteiger partial charge < -0.3 is 15.4 Å². The van der Waals surface area contributed by atoms with Gasteiger partial charge in [-0.2, -0.15) is 5.10 Å². The molecule has 0 spiro atoms. The molecule has 0 atom stereocenters. The number of halogens is 1. The van der Waals surface area contributed by atoms with Gasteiger partial charge >= 0.3 is 5.97 Å². The molecule has 0 bridgehead atoms. The molecule has 34 heavy (non-hydrogen) atoms. The van der Waals surface area contributed by atoms with E-state index < -0.39 is 5.97 Å². The smallest absolute Gasteiger partial charge is 0.340 e. The van der Waals surface area contributed by atoms with Crippen molar-refractivity contribution in [1.82, 2.24) is 9.78 Å². The number of nitrogens with zero attached hydrogens (tertiary/aromatic N) is 2. The average Bonchev–Trinajstić information content (AvgIpc) is 3.37. The summed E-state index contributed by atoms with van der Waals surface area (Å²) < 4.78 is 20.8. The number of benzene rings is 2. The molecule has 0 amide bonds. The molecule has 0 fully saturated rings. The minimum absolute atomic E-state index is 0.274. The Bertz CT molecular complexity index is 1350. The summed E-state index contributed by atoms with van der Waals surface area (Å²) in [5, 5.41) is 11.7. The highest BCUT2D eigenvalue weighted by Gasteiger charge is 2.20. The molecule has 0 saturated heterocycles. The van der Waals surface area contributed by atoms with Gasteiger partial charge in [-0.15, -0.1) is 11.3 Å². The Morgan fingerprint density at radius 2 is 1.82 bits per heavy atom. The lowest BCUT2D eigenvalue weighted by molar-refractivity contribution is 0.0602. The van der Waals surface area contributed by atoms with Crippen LogP contribution in [0.5, 0.6) is 0 Å². The van der Waals surface area contributed by atoms with Crippen molar-refractivity contribution in [3.05, 3.63) is 89.0 Å². The minimum atomic E-state index is -0.450. The molecule has 9 heteroatoms. The number of nitrogens with one attached hydrogen (secondary N) is 2. The summed E-state index contributed by atoms with van der Waals surface area (Å²) >= 11 is 6.95. The average molecular weight is 495 g/mol. The predicted octanol–water partition coefficient (Wildman–Crippen LogP) is 6.01. The van der Waals surface area contributed by atoms with Crippen LogP contribution in [0.1, 0.15) is 27.3 Å². The zero-order chi connectivity index (χ0) is 24.2. The number of hydrogen-bond acceptors (Lipinski definition) is 5. The summed E-state index contributed by atoms with van der Waals surface area (Å²) in [6.07, 6.45) is 0. The summed E-state index contributed by atoms with van der Waals surface area (Å²) in [7, 11) is 1.35. The zero-order valence-corrected chi connectivity index (χ0v) is 20.5. The summed E-state index contributed by atoms with van der Waals surface area (Å²) in [5.41, 5.74) is 4.21. The number of thiophene rings is 1. The van der Waals surface area contributed by atoms with Gasteiger partial charge in [0.15, 0.2) is 5.11 Å². The molecule has 0 aliphatic heterocycles. The predicted molar refractivity (Wildman–Crippen MR) is 138 cm³/mol. The molecule has 6 nitrogen and oxygen atoms in total. The highest BCUT2D eigenvalue weighted by molar-refractivity contribution is 7.80.